The van der Waals surface area contributed by atoms with Gasteiger partial charge in [0.2, 0.25) is 5.91 Å². The van der Waals surface area contributed by atoms with Gasteiger partial charge in [-0.2, -0.15) is 5.26 Å². The molecule has 1 saturated heterocycles. The Hall–Kier alpha value is -2.86. The van der Waals surface area contributed by atoms with Gasteiger partial charge in [0, 0.05) is 11.4 Å². The fourth-order valence-corrected chi connectivity index (χ4v) is 3.02. The molecule has 8 nitrogen and oxygen atoms in total. The van der Waals surface area contributed by atoms with E-state index in [-0.39, 0.29) is 18.2 Å². The Balaban J connectivity index is 2.06. The molecule has 1 N–H and O–H groups in total. The van der Waals surface area contributed by atoms with Gasteiger partial charge in [0.25, 0.3) is 0 Å². The lowest BCUT2D eigenvalue weighted by Crippen LogP contribution is -2.39. The first-order valence-electron chi connectivity index (χ1n) is 7.91. The molecular formula is C17H18N4O4S. The van der Waals surface area contributed by atoms with E-state index >= 15 is 0 Å². The Kier molecular flexibility index (Phi) is 6.36. The summed E-state index contributed by atoms with van der Waals surface area (Å²) in [5, 5.41) is 11.3. The number of nitrogens with zero attached hydrogens (tertiary/aromatic N) is 3. The number of anilines is 1. The Labute approximate surface area is 155 Å². The summed E-state index contributed by atoms with van der Waals surface area (Å²) in [5.74, 6) is -2.29. The van der Waals surface area contributed by atoms with Crippen LogP contribution in [0.3, 0.4) is 0 Å². The Morgan fingerprint density at radius 3 is 2.50 bits per heavy atom. The molecule has 0 aromatic heterocycles. The number of thioether (sulfide) groups is 1. The maximum absolute atomic E-state index is 12.3. The zero-order valence-corrected chi connectivity index (χ0v) is 15.2. The van der Waals surface area contributed by atoms with Crippen molar-refractivity contribution in [2.24, 2.45) is 5.92 Å². The van der Waals surface area contributed by atoms with Crippen LogP contribution in [0.25, 0.3) is 0 Å². The quantitative estimate of drug-likeness (QED) is 0.442. The average Bonchev–Trinajstić information content (AvgIpc) is 2.78. The van der Waals surface area contributed by atoms with Crippen molar-refractivity contribution < 1.29 is 19.2 Å². The largest absolute Gasteiger partial charge is 0.334 e. The zero-order chi connectivity index (χ0) is 19.3. The number of hydrogen-bond acceptors (Lipinski definition) is 6. The van der Waals surface area contributed by atoms with Crippen molar-refractivity contribution in [1.82, 2.24) is 9.80 Å². The molecule has 0 aliphatic carbocycles. The van der Waals surface area contributed by atoms with Gasteiger partial charge in [-0.1, -0.05) is 26.0 Å². The van der Waals surface area contributed by atoms with Crippen LogP contribution in [0, 0.1) is 17.2 Å². The minimum absolute atomic E-state index is 0.00788. The number of urea groups is 1. The monoisotopic (exact) mass is 374 g/mol. The van der Waals surface area contributed by atoms with Gasteiger partial charge in [-0.3, -0.25) is 19.3 Å². The third kappa shape index (κ3) is 4.40. The fraction of sp³-hybridized carbons (Fsp3) is 0.353. The minimum atomic E-state index is -1.00. The first-order chi connectivity index (χ1) is 12.3. The fourth-order valence-electron chi connectivity index (χ4n) is 2.36. The van der Waals surface area contributed by atoms with Crippen molar-refractivity contribution in [3.8, 4) is 6.07 Å². The summed E-state index contributed by atoms with van der Waals surface area (Å²) in [6, 6.07) is 8.11. The normalized spacial score (nSPS) is 14.2. The molecule has 9 heteroatoms. The van der Waals surface area contributed by atoms with Gasteiger partial charge in [-0.25, -0.2) is 9.69 Å². The number of hydrogen-bond donors (Lipinski definition) is 1. The van der Waals surface area contributed by atoms with E-state index in [1.807, 2.05) is 19.9 Å². The molecule has 5 amide bonds. The van der Waals surface area contributed by atoms with Crippen LogP contribution >= 0.6 is 11.8 Å². The summed E-state index contributed by atoms with van der Waals surface area (Å²) in [6.45, 7) is 3.21. The van der Waals surface area contributed by atoms with Crippen LogP contribution in [-0.4, -0.2) is 52.4 Å². The summed E-state index contributed by atoms with van der Waals surface area (Å²) in [4.78, 5) is 50.6. The topological polar surface area (TPSA) is 111 Å². The lowest BCUT2D eigenvalue weighted by Gasteiger charge is -2.17. The van der Waals surface area contributed by atoms with Crippen LogP contribution in [0.1, 0.15) is 13.8 Å². The molecule has 1 aromatic rings. The summed E-state index contributed by atoms with van der Waals surface area (Å²) < 4.78 is 0. The van der Waals surface area contributed by atoms with Crippen molar-refractivity contribution in [1.29, 1.82) is 5.26 Å². The number of nitriles is 1. The molecule has 1 aromatic carbocycles. The first kappa shape index (κ1) is 19.5. The molecule has 0 bridgehead atoms. The summed E-state index contributed by atoms with van der Waals surface area (Å²) in [6.07, 6.45) is 0. The van der Waals surface area contributed by atoms with Gasteiger partial charge < -0.3 is 5.32 Å². The zero-order valence-electron chi connectivity index (χ0n) is 14.4. The molecule has 136 valence electrons. The lowest BCUT2D eigenvalue weighted by atomic mass is 10.2. The predicted octanol–water partition coefficient (Wildman–Crippen LogP) is 1.69. The number of rotatable bonds is 7. The van der Waals surface area contributed by atoms with Gasteiger partial charge in [-0.05, 0) is 18.1 Å². The second-order valence-corrected chi connectivity index (χ2v) is 6.99. The summed E-state index contributed by atoms with van der Waals surface area (Å²) in [5.41, 5.74) is 0.474. The van der Waals surface area contributed by atoms with Crippen LogP contribution in [0.15, 0.2) is 29.2 Å². The van der Waals surface area contributed by atoms with Gasteiger partial charge >= 0.3 is 17.8 Å². The van der Waals surface area contributed by atoms with E-state index in [1.54, 1.807) is 24.3 Å². The van der Waals surface area contributed by atoms with Crippen LogP contribution in [0.4, 0.5) is 10.5 Å². The molecule has 0 atom stereocenters. The highest BCUT2D eigenvalue weighted by atomic mass is 32.2. The highest BCUT2D eigenvalue weighted by molar-refractivity contribution is 7.99. The molecule has 1 aliphatic rings. The molecular weight excluding hydrogens is 356 g/mol. The third-order valence-corrected chi connectivity index (χ3v) is 4.38. The molecule has 0 spiro atoms. The van der Waals surface area contributed by atoms with E-state index < -0.39 is 30.3 Å². The van der Waals surface area contributed by atoms with Crippen molar-refractivity contribution in [3.63, 3.8) is 0 Å². The third-order valence-electron chi connectivity index (χ3n) is 3.44. The van der Waals surface area contributed by atoms with E-state index in [0.29, 0.717) is 15.5 Å². The Morgan fingerprint density at radius 2 is 1.85 bits per heavy atom. The van der Waals surface area contributed by atoms with Crippen LogP contribution in [-0.2, 0) is 14.4 Å². The lowest BCUT2D eigenvalue weighted by molar-refractivity contribution is -0.143. The van der Waals surface area contributed by atoms with E-state index in [2.05, 4.69) is 5.32 Å². The molecule has 1 heterocycles. The van der Waals surface area contributed by atoms with Gasteiger partial charge in [0.05, 0.1) is 17.5 Å². The molecule has 2 rings (SSSR count). The van der Waals surface area contributed by atoms with Crippen LogP contribution < -0.4 is 5.32 Å². The molecule has 0 saturated carbocycles. The SMILES string of the molecule is CC(C)CN1C(=O)C(=O)N(CC(=O)Nc2ccccc2SCC#N)C1=O. The average molecular weight is 374 g/mol. The number of benzene rings is 1. The highest BCUT2D eigenvalue weighted by Gasteiger charge is 2.45. The summed E-state index contributed by atoms with van der Waals surface area (Å²) in [7, 11) is 0. The standard InChI is InChI=1S/C17H18N4O4S/c1-11(2)9-20-15(23)16(24)21(17(20)25)10-14(22)19-12-5-3-4-6-13(12)26-8-7-18/h3-6,11H,8-10H2,1-2H3,(H,19,22). The van der Waals surface area contributed by atoms with Crippen molar-refractivity contribution >= 4 is 41.2 Å². The molecule has 0 unspecified atom stereocenters. The molecule has 1 fully saturated rings. The second-order valence-electron chi connectivity index (χ2n) is 5.97. The second kappa shape index (κ2) is 8.49. The van der Waals surface area contributed by atoms with Crippen molar-refractivity contribution in [2.75, 3.05) is 24.2 Å². The Morgan fingerprint density at radius 1 is 1.19 bits per heavy atom. The maximum atomic E-state index is 12.3. The van der Waals surface area contributed by atoms with Gasteiger partial charge in [0.1, 0.15) is 6.54 Å². The molecule has 1 aliphatic heterocycles. The summed E-state index contributed by atoms with van der Waals surface area (Å²) >= 11 is 1.25. The van der Waals surface area contributed by atoms with Crippen molar-refractivity contribution in [3.05, 3.63) is 24.3 Å². The van der Waals surface area contributed by atoms with E-state index in [1.165, 1.54) is 11.8 Å². The number of para-hydroxylation sites is 1. The number of carbonyl (C=O) groups is 4. The van der Waals surface area contributed by atoms with Gasteiger partial charge in [-0.15, -0.1) is 11.8 Å². The Bertz CT molecular complexity index is 787. The van der Waals surface area contributed by atoms with E-state index in [4.69, 9.17) is 5.26 Å². The highest BCUT2D eigenvalue weighted by Crippen LogP contribution is 2.26. The van der Waals surface area contributed by atoms with Gasteiger partial charge in [0.15, 0.2) is 0 Å². The van der Waals surface area contributed by atoms with Crippen LogP contribution in [0.5, 0.6) is 0 Å². The molecule has 26 heavy (non-hydrogen) atoms. The van der Waals surface area contributed by atoms with Crippen LogP contribution in [0.2, 0.25) is 0 Å². The predicted molar refractivity (Wildman–Crippen MR) is 95.1 cm³/mol. The minimum Gasteiger partial charge on any atom is -0.324 e. The number of carbonyl (C=O) groups excluding carboxylic acids is 4. The first-order valence-corrected chi connectivity index (χ1v) is 8.89. The smallest absolute Gasteiger partial charge is 0.324 e. The van der Waals surface area contributed by atoms with E-state index in [0.717, 1.165) is 4.90 Å². The van der Waals surface area contributed by atoms with E-state index in [9.17, 15) is 19.2 Å². The number of nitrogens with one attached hydrogen (secondary N) is 1. The molecule has 0 radical (unpaired) electrons. The van der Waals surface area contributed by atoms with Crippen molar-refractivity contribution in [2.45, 2.75) is 18.7 Å². The number of amides is 5. The maximum Gasteiger partial charge on any atom is 0.334 e. The number of imide groups is 2.